The molecule has 1 unspecified atom stereocenters. The molecule has 1 amide bonds. The highest BCUT2D eigenvalue weighted by atomic mass is 128. The second-order valence-corrected chi connectivity index (χ2v) is 6.61. The van der Waals surface area contributed by atoms with E-state index in [0.717, 1.165) is 17.7 Å². The van der Waals surface area contributed by atoms with Gasteiger partial charge in [-0.25, -0.2) is 0 Å². The average molecular weight is 585 g/mol. The minimum absolute atomic E-state index is 0.211. The molecule has 1 aromatic carbocycles. The first kappa shape index (κ1) is 23.1. The van der Waals surface area contributed by atoms with Gasteiger partial charge in [-0.1, -0.05) is 48.4 Å². The van der Waals surface area contributed by atoms with Gasteiger partial charge in [0.2, 0.25) is 0 Å². The first-order valence-electron chi connectivity index (χ1n) is 8.13. The number of carbonyl (C=O) groups is 1. The standard InChI is InChI=1S/C18H25N3O3.I2/c1-12(15-10-18(15,2)3)20-24-11-13-8-6-7-9-14(13)16(21-23-5)17(22)19-4;1-2/h6-9,15H,10-11H2,1-5H3,(H,19,22);/b20-12+,21-16+;. The molecule has 1 saturated carbocycles. The van der Waals surface area contributed by atoms with Gasteiger partial charge in [0.05, 0.1) is 5.71 Å². The molecule has 1 aliphatic rings. The van der Waals surface area contributed by atoms with E-state index < -0.39 is 0 Å². The summed E-state index contributed by atoms with van der Waals surface area (Å²) < 4.78 is 0. The van der Waals surface area contributed by atoms with Crippen molar-refractivity contribution in [3.05, 3.63) is 35.4 Å². The van der Waals surface area contributed by atoms with E-state index in [-0.39, 0.29) is 18.2 Å². The van der Waals surface area contributed by atoms with Gasteiger partial charge < -0.3 is 15.0 Å². The van der Waals surface area contributed by atoms with E-state index in [1.807, 2.05) is 31.2 Å². The number of rotatable bonds is 7. The first-order valence-corrected chi connectivity index (χ1v) is 14.4. The third-order valence-electron chi connectivity index (χ3n) is 4.34. The van der Waals surface area contributed by atoms with E-state index in [1.54, 1.807) is 7.05 Å². The van der Waals surface area contributed by atoms with Crippen LogP contribution in [-0.2, 0) is 21.1 Å². The molecule has 1 aliphatic carbocycles. The Morgan fingerprint density at radius 3 is 2.46 bits per heavy atom. The molecule has 0 bridgehead atoms. The second-order valence-electron chi connectivity index (χ2n) is 6.61. The van der Waals surface area contributed by atoms with Crippen LogP contribution in [0.3, 0.4) is 0 Å². The molecule has 26 heavy (non-hydrogen) atoms. The van der Waals surface area contributed by atoms with Crippen molar-refractivity contribution in [2.24, 2.45) is 21.6 Å². The summed E-state index contributed by atoms with van der Waals surface area (Å²) in [5.74, 6) is 0.174. The van der Waals surface area contributed by atoms with Gasteiger partial charge in [0.1, 0.15) is 13.7 Å². The zero-order chi connectivity index (χ0) is 19.7. The lowest BCUT2D eigenvalue weighted by molar-refractivity contribution is -0.114. The number of hydrogen-bond donors (Lipinski definition) is 1. The summed E-state index contributed by atoms with van der Waals surface area (Å²) in [7, 11) is 2.96. The first-order chi connectivity index (χ1) is 12.4. The van der Waals surface area contributed by atoms with E-state index in [4.69, 9.17) is 9.68 Å². The summed E-state index contributed by atoms with van der Waals surface area (Å²) in [6.45, 7) is 6.71. The van der Waals surface area contributed by atoms with Gasteiger partial charge >= 0.3 is 0 Å². The maximum absolute atomic E-state index is 12.0. The number of hydrogen-bond acceptors (Lipinski definition) is 5. The minimum Gasteiger partial charge on any atom is -0.398 e. The van der Waals surface area contributed by atoms with Crippen molar-refractivity contribution in [3.63, 3.8) is 0 Å². The van der Waals surface area contributed by atoms with Crippen LogP contribution in [0.15, 0.2) is 34.6 Å². The second kappa shape index (κ2) is 11.1. The van der Waals surface area contributed by atoms with Crippen LogP contribution in [0.4, 0.5) is 0 Å². The fourth-order valence-electron chi connectivity index (χ4n) is 2.75. The molecule has 1 atom stereocenters. The molecule has 1 N–H and O–H groups in total. The van der Waals surface area contributed by atoms with Crippen molar-refractivity contribution in [2.75, 3.05) is 14.2 Å². The number of halogens is 2. The van der Waals surface area contributed by atoms with Gasteiger partial charge in [-0.2, -0.15) is 0 Å². The molecule has 2 rings (SSSR count). The van der Waals surface area contributed by atoms with E-state index >= 15 is 0 Å². The molecule has 0 spiro atoms. The highest BCUT2D eigenvalue weighted by Gasteiger charge is 2.47. The van der Waals surface area contributed by atoms with Crippen molar-refractivity contribution in [1.82, 2.24) is 5.32 Å². The summed E-state index contributed by atoms with van der Waals surface area (Å²) in [5.41, 5.74) is 3.03. The van der Waals surface area contributed by atoms with Crippen LogP contribution in [0.1, 0.15) is 38.3 Å². The molecule has 1 fully saturated rings. The Balaban J connectivity index is 0.00000163. The number of nitrogens with one attached hydrogen (secondary N) is 1. The Morgan fingerprint density at radius 1 is 1.31 bits per heavy atom. The molecule has 0 aliphatic heterocycles. The Kier molecular flexibility index (Phi) is 9.83. The number of amides is 1. The number of oxime groups is 2. The summed E-state index contributed by atoms with van der Waals surface area (Å²) in [5, 5.41) is 10.6. The van der Waals surface area contributed by atoms with Gasteiger partial charge in [0.15, 0.2) is 5.71 Å². The van der Waals surface area contributed by atoms with Crippen LogP contribution >= 0.6 is 37.2 Å². The zero-order valence-electron chi connectivity index (χ0n) is 15.7. The maximum atomic E-state index is 12.0. The van der Waals surface area contributed by atoms with Crippen LogP contribution in [0.2, 0.25) is 0 Å². The van der Waals surface area contributed by atoms with Crippen LogP contribution in [0, 0.1) is 11.3 Å². The molecule has 144 valence electrons. The van der Waals surface area contributed by atoms with E-state index in [2.05, 4.69) is 66.7 Å². The van der Waals surface area contributed by atoms with Gasteiger partial charge in [-0.15, -0.1) is 0 Å². The molecule has 8 heteroatoms. The highest BCUT2D eigenvalue weighted by Crippen LogP contribution is 2.52. The van der Waals surface area contributed by atoms with Crippen LogP contribution in [-0.4, -0.2) is 31.5 Å². The molecule has 0 radical (unpaired) electrons. The number of carbonyl (C=O) groups excluding carboxylic acids is 1. The lowest BCUT2D eigenvalue weighted by Crippen LogP contribution is -2.29. The molecular weight excluding hydrogens is 560 g/mol. The molecule has 0 aromatic heterocycles. The van der Waals surface area contributed by atoms with Crippen LogP contribution < -0.4 is 5.32 Å². The summed E-state index contributed by atoms with van der Waals surface area (Å²) in [6.07, 6.45) is 1.14. The predicted octanol–water partition coefficient (Wildman–Crippen LogP) is 4.49. The monoisotopic (exact) mass is 585 g/mol. The third kappa shape index (κ3) is 6.36. The lowest BCUT2D eigenvalue weighted by Gasteiger charge is -2.10. The van der Waals surface area contributed by atoms with Gasteiger partial charge in [-0.05, 0) is 18.8 Å². The van der Waals surface area contributed by atoms with Gasteiger partial charge in [0, 0.05) is 61.3 Å². The van der Waals surface area contributed by atoms with Crippen LogP contribution in [0.25, 0.3) is 0 Å². The molecule has 6 nitrogen and oxygen atoms in total. The summed E-state index contributed by atoms with van der Waals surface area (Å²) >= 11 is 4.24. The molecule has 0 heterocycles. The van der Waals surface area contributed by atoms with E-state index in [1.165, 1.54) is 7.11 Å². The Bertz CT molecular complexity index is 675. The summed E-state index contributed by atoms with van der Waals surface area (Å²) in [6, 6.07) is 7.42. The van der Waals surface area contributed by atoms with Crippen molar-refractivity contribution >= 4 is 54.6 Å². The topological polar surface area (TPSA) is 72.3 Å². The lowest BCUT2D eigenvalue weighted by atomic mass is 10.0. The fraction of sp³-hybridized carbons (Fsp3) is 0.500. The smallest absolute Gasteiger partial charge is 0.273 e. The molecule has 1 aromatic rings. The normalized spacial score (nSPS) is 18.3. The average Bonchev–Trinajstić information content (AvgIpc) is 3.30. The minimum atomic E-state index is -0.316. The van der Waals surface area contributed by atoms with E-state index in [9.17, 15) is 4.79 Å². The Hall–Kier alpha value is -0.910. The number of nitrogens with zero attached hydrogens (tertiary/aromatic N) is 2. The quantitative estimate of drug-likeness (QED) is 0.292. The van der Waals surface area contributed by atoms with Crippen molar-refractivity contribution in [2.45, 2.75) is 33.8 Å². The Labute approximate surface area is 178 Å². The van der Waals surface area contributed by atoms with Crippen molar-refractivity contribution in [3.8, 4) is 0 Å². The SMILES string of the molecule is CNC(=O)/C(=N/OC)c1ccccc1CO/N=C(\C)C1CC1(C)C.II. The summed E-state index contributed by atoms with van der Waals surface area (Å²) in [4.78, 5) is 22.3. The zero-order valence-corrected chi connectivity index (χ0v) is 20.0. The highest BCUT2D eigenvalue weighted by molar-refractivity contribution is 15.0. The largest absolute Gasteiger partial charge is 0.398 e. The maximum Gasteiger partial charge on any atom is 0.273 e. The van der Waals surface area contributed by atoms with Gasteiger partial charge in [0.25, 0.3) is 5.91 Å². The van der Waals surface area contributed by atoms with Crippen molar-refractivity contribution in [1.29, 1.82) is 0 Å². The van der Waals surface area contributed by atoms with E-state index in [0.29, 0.717) is 16.9 Å². The predicted molar refractivity (Wildman–Crippen MR) is 122 cm³/mol. The number of benzene rings is 1. The third-order valence-corrected chi connectivity index (χ3v) is 4.34. The molecular formula is C18H25I2N3O3. The van der Waals surface area contributed by atoms with Crippen LogP contribution in [0.5, 0.6) is 0 Å². The molecule has 0 saturated heterocycles. The van der Waals surface area contributed by atoms with Gasteiger partial charge in [-0.3, -0.25) is 4.79 Å². The Morgan fingerprint density at radius 2 is 1.92 bits per heavy atom. The fourth-order valence-corrected chi connectivity index (χ4v) is 2.75. The number of likely N-dealkylation sites (N-methyl/N-ethyl adjacent to an activating group) is 1. The van der Waals surface area contributed by atoms with Crippen molar-refractivity contribution < 1.29 is 14.5 Å².